The molecule has 31 heavy (non-hydrogen) atoms. The second-order valence-electron chi connectivity index (χ2n) is 6.74. The second kappa shape index (κ2) is 9.21. The van der Waals surface area contributed by atoms with Gasteiger partial charge in [-0.25, -0.2) is 9.18 Å². The molecule has 6 nitrogen and oxygen atoms in total. The van der Waals surface area contributed by atoms with E-state index in [1.54, 1.807) is 43.3 Å². The van der Waals surface area contributed by atoms with Gasteiger partial charge in [-0.05, 0) is 61.0 Å². The van der Waals surface area contributed by atoms with Crippen molar-refractivity contribution in [2.24, 2.45) is 0 Å². The number of nitrogens with one attached hydrogen (secondary N) is 1. The van der Waals surface area contributed by atoms with Crippen LogP contribution in [-0.4, -0.2) is 22.8 Å². The highest BCUT2D eigenvalue weighted by atomic mass is 19.1. The molecule has 1 N–H and O–H groups in total. The molecule has 0 aliphatic rings. The van der Waals surface area contributed by atoms with Crippen molar-refractivity contribution in [1.29, 1.82) is 0 Å². The third kappa shape index (κ3) is 4.78. The van der Waals surface area contributed by atoms with Crippen molar-refractivity contribution in [3.8, 4) is 11.5 Å². The average molecular weight is 417 g/mol. The van der Waals surface area contributed by atoms with Gasteiger partial charge in [-0.1, -0.05) is 30.3 Å². The van der Waals surface area contributed by atoms with Crippen LogP contribution in [0.5, 0.6) is 0 Å². The Kier molecular flexibility index (Phi) is 6.03. The van der Waals surface area contributed by atoms with E-state index in [4.69, 9.17) is 9.15 Å². The summed E-state index contributed by atoms with van der Waals surface area (Å²) in [5.41, 5.74) is 2.73. The Hall–Kier alpha value is -4.00. The molecule has 0 unspecified atom stereocenters. The third-order valence-corrected chi connectivity index (χ3v) is 4.62. The van der Waals surface area contributed by atoms with Crippen LogP contribution in [0.3, 0.4) is 0 Å². The van der Waals surface area contributed by atoms with Gasteiger partial charge in [-0.2, -0.15) is 0 Å². The number of carbonyl (C=O) groups excluding carboxylic acids is 1. The fourth-order valence-electron chi connectivity index (χ4n) is 3.08. The van der Waals surface area contributed by atoms with Crippen molar-refractivity contribution in [2.75, 3.05) is 11.9 Å². The normalized spacial score (nSPS) is 11.7. The van der Waals surface area contributed by atoms with Crippen LogP contribution in [0.4, 0.5) is 10.1 Å². The van der Waals surface area contributed by atoms with E-state index in [1.807, 2.05) is 30.3 Å². The Morgan fingerprint density at radius 2 is 1.71 bits per heavy atom. The highest BCUT2D eigenvalue weighted by Crippen LogP contribution is 2.28. The van der Waals surface area contributed by atoms with E-state index in [2.05, 4.69) is 15.5 Å². The second-order valence-corrected chi connectivity index (χ2v) is 6.74. The maximum atomic E-state index is 13.5. The molecule has 0 aliphatic heterocycles. The topological polar surface area (TPSA) is 77.2 Å². The van der Waals surface area contributed by atoms with Gasteiger partial charge in [0, 0.05) is 11.3 Å². The van der Waals surface area contributed by atoms with E-state index in [1.165, 1.54) is 12.1 Å². The van der Waals surface area contributed by atoms with Gasteiger partial charge in [0.25, 0.3) is 0 Å². The van der Waals surface area contributed by atoms with E-state index in [0.717, 1.165) is 16.8 Å². The van der Waals surface area contributed by atoms with E-state index in [0.29, 0.717) is 24.0 Å². The molecule has 0 aliphatic carbocycles. The van der Waals surface area contributed by atoms with Crippen LogP contribution in [0.2, 0.25) is 0 Å². The molecule has 0 radical (unpaired) electrons. The fraction of sp³-hybridized carbons (Fsp3) is 0.125. The number of ether oxygens (including phenoxy) is 1. The van der Waals surface area contributed by atoms with Crippen molar-refractivity contribution in [1.82, 2.24) is 10.2 Å². The van der Waals surface area contributed by atoms with Crippen molar-refractivity contribution in [3.05, 3.63) is 102 Å². The van der Waals surface area contributed by atoms with Crippen LogP contribution in [0.25, 0.3) is 11.5 Å². The number of rotatable bonds is 7. The summed E-state index contributed by atoms with van der Waals surface area (Å²) >= 11 is 0. The van der Waals surface area contributed by atoms with Gasteiger partial charge in [0.1, 0.15) is 11.9 Å². The standard InChI is InChI=1S/C24H20FN3O3/c1-2-30-24(29)18-10-14-20(15-11-18)26-21(16-8-12-19(25)13-9-16)23-28-27-22(31-23)17-6-4-3-5-7-17/h3-15,21,26H,2H2,1H3/t21-/m0/s1. The number of benzene rings is 3. The molecule has 0 bridgehead atoms. The van der Waals surface area contributed by atoms with E-state index < -0.39 is 6.04 Å². The molecular formula is C24H20FN3O3. The van der Waals surface area contributed by atoms with Crippen LogP contribution < -0.4 is 5.32 Å². The molecule has 3 aromatic carbocycles. The highest BCUT2D eigenvalue weighted by Gasteiger charge is 2.22. The minimum Gasteiger partial charge on any atom is -0.462 e. The van der Waals surface area contributed by atoms with Crippen molar-refractivity contribution in [3.63, 3.8) is 0 Å². The third-order valence-electron chi connectivity index (χ3n) is 4.62. The lowest BCUT2D eigenvalue weighted by molar-refractivity contribution is 0.0526. The molecule has 0 saturated carbocycles. The van der Waals surface area contributed by atoms with Crippen LogP contribution in [0, 0.1) is 5.82 Å². The minimum absolute atomic E-state index is 0.312. The summed E-state index contributed by atoms with van der Waals surface area (Å²) in [5.74, 6) is 0.00688. The van der Waals surface area contributed by atoms with E-state index in [9.17, 15) is 9.18 Å². The number of hydrogen-bond acceptors (Lipinski definition) is 6. The summed E-state index contributed by atoms with van der Waals surface area (Å²) < 4.78 is 24.4. The van der Waals surface area contributed by atoms with Gasteiger partial charge >= 0.3 is 5.97 Å². The molecule has 4 aromatic rings. The van der Waals surface area contributed by atoms with Gasteiger partial charge < -0.3 is 14.5 Å². The number of aromatic nitrogens is 2. The molecule has 1 atom stereocenters. The summed E-state index contributed by atoms with van der Waals surface area (Å²) in [6, 6.07) is 21.9. The highest BCUT2D eigenvalue weighted by molar-refractivity contribution is 5.89. The smallest absolute Gasteiger partial charge is 0.338 e. The molecule has 4 rings (SSSR count). The first-order valence-electron chi connectivity index (χ1n) is 9.82. The monoisotopic (exact) mass is 417 g/mol. The summed E-state index contributed by atoms with van der Waals surface area (Å²) in [6.45, 7) is 2.07. The Labute approximate surface area is 178 Å². The van der Waals surface area contributed by atoms with Crippen LogP contribution >= 0.6 is 0 Å². The van der Waals surface area contributed by atoms with Gasteiger partial charge in [0.05, 0.1) is 12.2 Å². The lowest BCUT2D eigenvalue weighted by Gasteiger charge is -2.17. The molecule has 1 aromatic heterocycles. The number of hydrogen-bond donors (Lipinski definition) is 1. The molecular weight excluding hydrogens is 397 g/mol. The fourth-order valence-corrected chi connectivity index (χ4v) is 3.08. The largest absolute Gasteiger partial charge is 0.462 e. The zero-order valence-corrected chi connectivity index (χ0v) is 16.8. The van der Waals surface area contributed by atoms with Gasteiger partial charge in [0.15, 0.2) is 0 Å². The summed E-state index contributed by atoms with van der Waals surface area (Å²) in [4.78, 5) is 11.9. The van der Waals surface area contributed by atoms with Crippen LogP contribution in [-0.2, 0) is 4.74 Å². The maximum Gasteiger partial charge on any atom is 0.338 e. The molecule has 1 heterocycles. The maximum absolute atomic E-state index is 13.5. The van der Waals surface area contributed by atoms with E-state index >= 15 is 0 Å². The molecule has 0 fully saturated rings. The number of halogens is 1. The zero-order chi connectivity index (χ0) is 21.6. The quantitative estimate of drug-likeness (QED) is 0.414. The SMILES string of the molecule is CCOC(=O)c1ccc(N[C@@H](c2ccc(F)cc2)c2nnc(-c3ccccc3)o2)cc1. The number of anilines is 1. The number of nitrogens with zero attached hydrogens (tertiary/aromatic N) is 2. The van der Waals surface area contributed by atoms with Gasteiger partial charge in [-0.15, -0.1) is 10.2 Å². The Morgan fingerprint density at radius 1 is 1.00 bits per heavy atom. The molecule has 0 saturated heterocycles. The number of carbonyl (C=O) groups is 1. The summed E-state index contributed by atoms with van der Waals surface area (Å²) in [5, 5.41) is 11.7. The molecule has 156 valence electrons. The molecule has 0 amide bonds. The Balaban J connectivity index is 1.63. The van der Waals surface area contributed by atoms with Crippen molar-refractivity contribution in [2.45, 2.75) is 13.0 Å². The Bertz CT molecular complexity index is 1140. The van der Waals surface area contributed by atoms with Crippen LogP contribution in [0.1, 0.15) is 34.8 Å². The van der Waals surface area contributed by atoms with Gasteiger partial charge in [-0.3, -0.25) is 0 Å². The average Bonchev–Trinajstić information content (AvgIpc) is 3.29. The lowest BCUT2D eigenvalue weighted by atomic mass is 10.1. The van der Waals surface area contributed by atoms with Crippen LogP contribution in [0.15, 0.2) is 83.3 Å². The predicted octanol–water partition coefficient (Wildman–Crippen LogP) is 5.25. The Morgan fingerprint density at radius 3 is 2.39 bits per heavy atom. The molecule has 7 heteroatoms. The van der Waals surface area contributed by atoms with Crippen molar-refractivity contribution < 1.29 is 18.3 Å². The first-order chi connectivity index (χ1) is 15.1. The predicted molar refractivity (Wildman–Crippen MR) is 114 cm³/mol. The first-order valence-corrected chi connectivity index (χ1v) is 9.82. The summed E-state index contributed by atoms with van der Waals surface area (Å²) in [6.07, 6.45) is 0. The summed E-state index contributed by atoms with van der Waals surface area (Å²) in [7, 11) is 0. The lowest BCUT2D eigenvalue weighted by Crippen LogP contribution is -2.13. The number of esters is 1. The van der Waals surface area contributed by atoms with E-state index in [-0.39, 0.29) is 11.8 Å². The first kappa shape index (κ1) is 20.3. The van der Waals surface area contributed by atoms with Gasteiger partial charge in [0.2, 0.25) is 11.8 Å². The zero-order valence-electron chi connectivity index (χ0n) is 16.8. The molecule has 0 spiro atoms. The van der Waals surface area contributed by atoms with Crippen molar-refractivity contribution >= 4 is 11.7 Å². The minimum atomic E-state index is -0.515.